The van der Waals surface area contributed by atoms with Gasteiger partial charge in [0.1, 0.15) is 5.82 Å². The number of hydrazine groups is 1. The Bertz CT molecular complexity index is 894. The molecule has 0 amide bonds. The normalized spacial score (nSPS) is 20.3. The summed E-state index contributed by atoms with van der Waals surface area (Å²) in [6.45, 7) is 0. The van der Waals surface area contributed by atoms with Crippen molar-refractivity contribution in [3.8, 4) is 6.07 Å². The molecule has 1 heterocycles. The molecule has 3 rings (SSSR count). The van der Waals surface area contributed by atoms with Crippen LogP contribution < -0.4 is 5.73 Å². The summed E-state index contributed by atoms with van der Waals surface area (Å²) in [4.78, 5) is 23.4. The van der Waals surface area contributed by atoms with Gasteiger partial charge in [-0.3, -0.25) is 19.9 Å². The van der Waals surface area contributed by atoms with Gasteiger partial charge in [-0.2, -0.15) is 5.26 Å². The van der Waals surface area contributed by atoms with Crippen molar-refractivity contribution in [3.63, 3.8) is 0 Å². The number of non-ortho nitro benzene ring substituents is 1. The summed E-state index contributed by atoms with van der Waals surface area (Å²) >= 11 is 0. The van der Waals surface area contributed by atoms with Crippen LogP contribution in [0.15, 0.2) is 46.9 Å². The minimum atomic E-state index is -0.682. The number of benzene rings is 1. The molecular weight excluding hydrogens is 334 g/mol. The van der Waals surface area contributed by atoms with E-state index in [0.717, 1.165) is 5.70 Å². The first-order valence-corrected chi connectivity index (χ1v) is 8.24. The van der Waals surface area contributed by atoms with Crippen molar-refractivity contribution in [2.75, 3.05) is 14.1 Å². The van der Waals surface area contributed by atoms with Gasteiger partial charge in [-0.15, -0.1) is 0 Å². The van der Waals surface area contributed by atoms with E-state index in [2.05, 4.69) is 6.07 Å². The average molecular weight is 353 g/mol. The fourth-order valence-corrected chi connectivity index (χ4v) is 3.68. The lowest BCUT2D eigenvalue weighted by Gasteiger charge is -2.42. The van der Waals surface area contributed by atoms with Crippen LogP contribution in [0, 0.1) is 21.4 Å². The Morgan fingerprint density at radius 1 is 1.38 bits per heavy atom. The Morgan fingerprint density at radius 3 is 2.73 bits per heavy atom. The molecule has 0 saturated heterocycles. The van der Waals surface area contributed by atoms with Crippen LogP contribution in [0.2, 0.25) is 0 Å². The van der Waals surface area contributed by atoms with E-state index in [-0.39, 0.29) is 22.9 Å². The molecule has 0 bridgehead atoms. The third-order valence-electron chi connectivity index (χ3n) is 4.70. The Balaban J connectivity index is 2.26. The standard InChI is InChI=1S/C18H19N5O3/c1-21(2)22-14-7-4-8-15(24)17(14)16(13(10-19)18(22)20)11-5-3-6-12(9-11)23(25)26/h3,5-6,9,16H,4,7-8,20H2,1-2H3. The largest absolute Gasteiger partial charge is 0.383 e. The third kappa shape index (κ3) is 2.72. The van der Waals surface area contributed by atoms with E-state index >= 15 is 0 Å². The molecule has 8 heteroatoms. The van der Waals surface area contributed by atoms with Crippen LogP contribution in [0.3, 0.4) is 0 Å². The predicted molar refractivity (Wildman–Crippen MR) is 94.1 cm³/mol. The number of hydrogen-bond acceptors (Lipinski definition) is 7. The Morgan fingerprint density at radius 2 is 2.12 bits per heavy atom. The highest BCUT2D eigenvalue weighted by Gasteiger charge is 2.40. The highest BCUT2D eigenvalue weighted by molar-refractivity contribution is 5.99. The first kappa shape index (κ1) is 17.6. The Kier molecular flexibility index (Phi) is 4.49. The highest BCUT2D eigenvalue weighted by Crippen LogP contribution is 2.45. The van der Waals surface area contributed by atoms with Crippen molar-refractivity contribution in [1.82, 2.24) is 10.0 Å². The van der Waals surface area contributed by atoms with Crippen LogP contribution in [-0.4, -0.2) is 34.8 Å². The van der Waals surface area contributed by atoms with Gasteiger partial charge in [-0.25, -0.2) is 5.01 Å². The fraction of sp³-hybridized carbons (Fsp3) is 0.333. The van der Waals surface area contributed by atoms with Gasteiger partial charge in [-0.1, -0.05) is 12.1 Å². The van der Waals surface area contributed by atoms with Crippen LogP contribution in [0.1, 0.15) is 30.7 Å². The predicted octanol–water partition coefficient (Wildman–Crippen LogP) is 2.17. The highest BCUT2D eigenvalue weighted by atomic mass is 16.6. The van der Waals surface area contributed by atoms with Crippen LogP contribution >= 0.6 is 0 Å². The number of nitrogens with two attached hydrogens (primary N) is 1. The van der Waals surface area contributed by atoms with Gasteiger partial charge < -0.3 is 5.73 Å². The second-order valence-electron chi connectivity index (χ2n) is 6.49. The Hall–Kier alpha value is -3.18. The van der Waals surface area contributed by atoms with Gasteiger partial charge in [0.15, 0.2) is 5.78 Å². The second-order valence-corrected chi connectivity index (χ2v) is 6.49. The summed E-state index contributed by atoms with van der Waals surface area (Å²) in [6.07, 6.45) is 1.76. The van der Waals surface area contributed by atoms with E-state index in [0.29, 0.717) is 30.4 Å². The molecule has 26 heavy (non-hydrogen) atoms. The van der Waals surface area contributed by atoms with Gasteiger partial charge in [0.25, 0.3) is 5.69 Å². The summed E-state index contributed by atoms with van der Waals surface area (Å²) in [5.41, 5.74) is 8.22. The smallest absolute Gasteiger partial charge is 0.269 e. The lowest BCUT2D eigenvalue weighted by Crippen LogP contribution is -2.45. The van der Waals surface area contributed by atoms with Gasteiger partial charge in [0.2, 0.25) is 0 Å². The first-order chi connectivity index (χ1) is 12.4. The number of allylic oxidation sites excluding steroid dienone is 3. The number of nitriles is 1. The summed E-state index contributed by atoms with van der Waals surface area (Å²) < 4.78 is 0. The molecule has 0 fully saturated rings. The summed E-state index contributed by atoms with van der Waals surface area (Å²) in [6, 6.07) is 8.17. The zero-order chi connectivity index (χ0) is 19.0. The molecule has 134 valence electrons. The molecule has 0 spiro atoms. The lowest BCUT2D eigenvalue weighted by molar-refractivity contribution is -0.384. The number of carbonyl (C=O) groups is 1. The molecular formula is C18H19N5O3. The summed E-state index contributed by atoms with van der Waals surface area (Å²) in [5.74, 6) is -0.476. The zero-order valence-corrected chi connectivity index (χ0v) is 14.6. The number of Topliss-reactive ketones (excluding diaryl/α,β-unsaturated/α-hetero) is 1. The zero-order valence-electron chi connectivity index (χ0n) is 14.6. The molecule has 1 aromatic rings. The van der Waals surface area contributed by atoms with Crippen LogP contribution in [-0.2, 0) is 4.79 Å². The molecule has 0 aromatic heterocycles. The molecule has 1 unspecified atom stereocenters. The molecule has 8 nitrogen and oxygen atoms in total. The van der Waals surface area contributed by atoms with E-state index in [1.165, 1.54) is 12.1 Å². The molecule has 0 radical (unpaired) electrons. The maximum absolute atomic E-state index is 12.8. The van der Waals surface area contributed by atoms with Crippen LogP contribution in [0.25, 0.3) is 0 Å². The molecule has 1 aliphatic heterocycles. The number of nitrogens with zero attached hydrogens (tertiary/aromatic N) is 4. The van der Waals surface area contributed by atoms with Gasteiger partial charge in [0, 0.05) is 43.9 Å². The monoisotopic (exact) mass is 353 g/mol. The number of nitro benzene ring substituents is 1. The molecule has 1 aromatic carbocycles. The fourth-order valence-electron chi connectivity index (χ4n) is 3.68. The minimum Gasteiger partial charge on any atom is -0.383 e. The molecule has 2 N–H and O–H groups in total. The van der Waals surface area contributed by atoms with Crippen molar-refractivity contribution >= 4 is 11.5 Å². The maximum atomic E-state index is 12.8. The lowest BCUT2D eigenvalue weighted by atomic mass is 9.76. The SMILES string of the molecule is CN(C)N1C(N)=C(C#N)C(c2cccc([N+](=O)[O-])c2)C2=C1CCCC2=O. The van der Waals surface area contributed by atoms with Crippen LogP contribution in [0.4, 0.5) is 5.69 Å². The van der Waals surface area contributed by atoms with Crippen molar-refractivity contribution in [3.05, 3.63) is 62.6 Å². The van der Waals surface area contributed by atoms with E-state index < -0.39 is 10.8 Å². The Labute approximate surface area is 150 Å². The van der Waals surface area contributed by atoms with Crippen molar-refractivity contribution in [2.45, 2.75) is 25.2 Å². The van der Waals surface area contributed by atoms with Gasteiger partial charge in [0.05, 0.1) is 22.5 Å². The molecule has 2 aliphatic rings. The first-order valence-electron chi connectivity index (χ1n) is 8.24. The van der Waals surface area contributed by atoms with E-state index in [9.17, 15) is 20.2 Å². The number of nitro groups is 1. The van der Waals surface area contributed by atoms with Crippen LogP contribution in [0.5, 0.6) is 0 Å². The van der Waals surface area contributed by atoms with Gasteiger partial charge in [-0.05, 0) is 18.4 Å². The minimum absolute atomic E-state index is 0.0464. The van der Waals surface area contributed by atoms with E-state index in [1.807, 2.05) is 0 Å². The molecule has 0 saturated carbocycles. The maximum Gasteiger partial charge on any atom is 0.269 e. The van der Waals surface area contributed by atoms with E-state index in [4.69, 9.17) is 5.73 Å². The summed E-state index contributed by atoms with van der Waals surface area (Å²) in [5, 5.41) is 24.3. The van der Waals surface area contributed by atoms with Gasteiger partial charge >= 0.3 is 0 Å². The van der Waals surface area contributed by atoms with Crippen molar-refractivity contribution in [1.29, 1.82) is 5.26 Å². The topological polar surface area (TPSA) is 116 Å². The van der Waals surface area contributed by atoms with E-state index in [1.54, 1.807) is 36.2 Å². The molecule has 1 aliphatic carbocycles. The second kappa shape index (κ2) is 6.61. The quantitative estimate of drug-likeness (QED) is 0.654. The number of carbonyl (C=O) groups excluding carboxylic acids is 1. The average Bonchev–Trinajstić information content (AvgIpc) is 2.60. The number of ketones is 1. The third-order valence-corrected chi connectivity index (χ3v) is 4.70. The van der Waals surface area contributed by atoms with Crippen molar-refractivity contribution < 1.29 is 9.72 Å². The van der Waals surface area contributed by atoms with Crippen molar-refractivity contribution in [2.24, 2.45) is 5.73 Å². The summed E-state index contributed by atoms with van der Waals surface area (Å²) in [7, 11) is 3.58. The number of hydrogen-bond donors (Lipinski definition) is 1. The number of rotatable bonds is 3. The molecule has 1 atom stereocenters.